The maximum absolute atomic E-state index is 12.7. The van der Waals surface area contributed by atoms with Crippen LogP contribution in [0.1, 0.15) is 6.92 Å². The molecule has 0 bridgehead atoms. The average Bonchev–Trinajstić information content (AvgIpc) is 2.51. The van der Waals surface area contributed by atoms with Gasteiger partial charge in [0.25, 0.3) is 0 Å². The molecule has 0 aliphatic carbocycles. The summed E-state index contributed by atoms with van der Waals surface area (Å²) < 4.78 is 31.1. The highest BCUT2D eigenvalue weighted by molar-refractivity contribution is 7.89. The predicted octanol–water partition coefficient (Wildman–Crippen LogP) is 1.42. The number of ether oxygens (including phenoxy) is 1. The monoisotopic (exact) mass is 308 g/mol. The van der Waals surface area contributed by atoms with E-state index in [4.69, 9.17) is 0 Å². The van der Waals surface area contributed by atoms with Crippen LogP contribution >= 0.6 is 0 Å². The van der Waals surface area contributed by atoms with Crippen molar-refractivity contribution in [3.05, 3.63) is 36.5 Å². The normalized spacial score (nSPS) is 11.8. The molecule has 0 spiro atoms. The Hall–Kier alpha value is -1.99. The third-order valence-electron chi connectivity index (χ3n) is 3.11. The summed E-state index contributed by atoms with van der Waals surface area (Å²) in [6.45, 7) is 1.53. The van der Waals surface area contributed by atoms with E-state index >= 15 is 0 Å². The summed E-state index contributed by atoms with van der Waals surface area (Å²) in [6, 6.07) is 8.26. The number of rotatable bonds is 5. The van der Waals surface area contributed by atoms with Crippen molar-refractivity contribution < 1.29 is 17.9 Å². The van der Waals surface area contributed by atoms with Gasteiger partial charge in [-0.15, -0.1) is 0 Å². The highest BCUT2D eigenvalue weighted by atomic mass is 32.2. The maximum atomic E-state index is 12.7. The number of sulfonamides is 1. The number of carbonyl (C=O) groups excluding carboxylic acids is 1. The number of hydrogen-bond acceptors (Lipinski definition) is 5. The molecule has 1 aromatic carbocycles. The van der Waals surface area contributed by atoms with Gasteiger partial charge in [0.15, 0.2) is 0 Å². The van der Waals surface area contributed by atoms with Gasteiger partial charge in [0, 0.05) is 18.1 Å². The molecule has 0 N–H and O–H groups in total. The lowest BCUT2D eigenvalue weighted by atomic mass is 10.2. The van der Waals surface area contributed by atoms with Gasteiger partial charge >= 0.3 is 5.97 Å². The standard InChI is InChI=1S/C14H16N2O4S/c1-3-16(10-14(17)20-2)21(18,19)13-8-4-7-12-11(13)6-5-9-15-12/h4-9H,3,10H2,1-2H3. The van der Waals surface area contributed by atoms with E-state index in [2.05, 4.69) is 9.72 Å². The Balaban J connectivity index is 2.52. The lowest BCUT2D eigenvalue weighted by Crippen LogP contribution is -2.36. The van der Waals surface area contributed by atoms with Gasteiger partial charge in [0.1, 0.15) is 6.54 Å². The van der Waals surface area contributed by atoms with E-state index in [9.17, 15) is 13.2 Å². The third kappa shape index (κ3) is 3.03. The molecular weight excluding hydrogens is 292 g/mol. The number of benzene rings is 1. The zero-order valence-corrected chi connectivity index (χ0v) is 12.6. The number of carbonyl (C=O) groups is 1. The molecule has 0 atom stereocenters. The Morgan fingerprint density at radius 2 is 2.05 bits per heavy atom. The summed E-state index contributed by atoms with van der Waals surface area (Å²) in [6.07, 6.45) is 1.60. The smallest absolute Gasteiger partial charge is 0.321 e. The number of esters is 1. The minimum absolute atomic E-state index is 0.138. The first-order chi connectivity index (χ1) is 10.0. The summed E-state index contributed by atoms with van der Waals surface area (Å²) in [7, 11) is -2.56. The SMILES string of the molecule is CCN(CC(=O)OC)S(=O)(=O)c1cccc2ncccc12. The first-order valence-electron chi connectivity index (χ1n) is 6.41. The maximum Gasteiger partial charge on any atom is 0.321 e. The van der Waals surface area contributed by atoms with Crippen LogP contribution in [0.15, 0.2) is 41.4 Å². The fourth-order valence-electron chi connectivity index (χ4n) is 2.01. The quantitative estimate of drug-likeness (QED) is 0.781. The molecular formula is C14H16N2O4S. The molecule has 7 heteroatoms. The van der Waals surface area contributed by atoms with Crippen molar-refractivity contribution in [1.29, 1.82) is 0 Å². The molecule has 112 valence electrons. The largest absolute Gasteiger partial charge is 0.468 e. The molecule has 0 saturated heterocycles. The van der Waals surface area contributed by atoms with Gasteiger partial charge in [-0.05, 0) is 24.3 Å². The van der Waals surface area contributed by atoms with Gasteiger partial charge in [0.2, 0.25) is 10.0 Å². The molecule has 0 aliphatic heterocycles. The van der Waals surface area contributed by atoms with Crippen LogP contribution in [-0.4, -0.2) is 43.9 Å². The van der Waals surface area contributed by atoms with Crippen LogP contribution in [0.2, 0.25) is 0 Å². The van der Waals surface area contributed by atoms with Crippen LogP contribution in [0.3, 0.4) is 0 Å². The topological polar surface area (TPSA) is 76.6 Å². The summed E-state index contributed by atoms with van der Waals surface area (Å²) in [5.74, 6) is -0.598. The van der Waals surface area contributed by atoms with Gasteiger partial charge in [-0.1, -0.05) is 13.0 Å². The molecule has 0 fully saturated rings. The van der Waals surface area contributed by atoms with Crippen molar-refractivity contribution in [3.8, 4) is 0 Å². The molecule has 1 heterocycles. The lowest BCUT2D eigenvalue weighted by Gasteiger charge is -2.20. The first-order valence-corrected chi connectivity index (χ1v) is 7.85. The van der Waals surface area contributed by atoms with Crippen LogP contribution in [0.4, 0.5) is 0 Å². The summed E-state index contributed by atoms with van der Waals surface area (Å²) in [4.78, 5) is 15.7. The van der Waals surface area contributed by atoms with Crippen molar-refractivity contribution in [1.82, 2.24) is 9.29 Å². The second-order valence-electron chi connectivity index (χ2n) is 4.33. The molecule has 2 rings (SSSR count). The van der Waals surface area contributed by atoms with Crippen molar-refractivity contribution in [2.45, 2.75) is 11.8 Å². The number of nitrogens with zero attached hydrogens (tertiary/aromatic N) is 2. The van der Waals surface area contributed by atoms with E-state index < -0.39 is 16.0 Å². The van der Waals surface area contributed by atoms with Crippen LogP contribution < -0.4 is 0 Å². The number of aromatic nitrogens is 1. The Kier molecular flexibility index (Phi) is 4.54. The number of hydrogen-bond donors (Lipinski definition) is 0. The first kappa shape index (κ1) is 15.4. The molecule has 0 unspecified atom stereocenters. The molecule has 2 aromatic rings. The number of fused-ring (bicyclic) bond motifs is 1. The fraction of sp³-hybridized carbons (Fsp3) is 0.286. The second kappa shape index (κ2) is 6.19. The van der Waals surface area contributed by atoms with E-state index in [-0.39, 0.29) is 18.0 Å². The second-order valence-corrected chi connectivity index (χ2v) is 6.24. The minimum Gasteiger partial charge on any atom is -0.468 e. The zero-order valence-electron chi connectivity index (χ0n) is 11.8. The number of methoxy groups -OCH3 is 1. The molecule has 0 aliphatic rings. The van der Waals surface area contributed by atoms with Crippen LogP contribution in [0, 0.1) is 0 Å². The highest BCUT2D eigenvalue weighted by Crippen LogP contribution is 2.24. The molecule has 6 nitrogen and oxygen atoms in total. The zero-order chi connectivity index (χ0) is 15.5. The molecule has 0 radical (unpaired) electrons. The van der Waals surface area contributed by atoms with E-state index in [1.54, 1.807) is 37.4 Å². The third-order valence-corrected chi connectivity index (χ3v) is 5.09. The van der Waals surface area contributed by atoms with Gasteiger partial charge < -0.3 is 4.74 Å². The molecule has 21 heavy (non-hydrogen) atoms. The Morgan fingerprint density at radius 1 is 1.29 bits per heavy atom. The van der Waals surface area contributed by atoms with Crippen LogP contribution in [0.25, 0.3) is 10.9 Å². The van der Waals surface area contributed by atoms with Gasteiger partial charge in [-0.2, -0.15) is 4.31 Å². The van der Waals surface area contributed by atoms with E-state index in [0.717, 1.165) is 4.31 Å². The summed E-state index contributed by atoms with van der Waals surface area (Å²) in [5, 5.41) is 0.531. The Morgan fingerprint density at radius 3 is 2.71 bits per heavy atom. The summed E-state index contributed by atoms with van der Waals surface area (Å²) >= 11 is 0. The Labute approximate surface area is 123 Å². The van der Waals surface area contributed by atoms with Gasteiger partial charge in [-0.25, -0.2) is 8.42 Å². The highest BCUT2D eigenvalue weighted by Gasteiger charge is 2.27. The van der Waals surface area contributed by atoms with E-state index in [1.807, 2.05) is 0 Å². The van der Waals surface area contributed by atoms with Crippen LogP contribution in [-0.2, 0) is 19.6 Å². The van der Waals surface area contributed by atoms with Crippen LogP contribution in [0.5, 0.6) is 0 Å². The molecule has 1 aromatic heterocycles. The lowest BCUT2D eigenvalue weighted by molar-refractivity contribution is -0.140. The van der Waals surface area contributed by atoms with Crippen molar-refractivity contribution in [2.75, 3.05) is 20.2 Å². The van der Waals surface area contributed by atoms with Crippen molar-refractivity contribution in [2.24, 2.45) is 0 Å². The van der Waals surface area contributed by atoms with E-state index in [0.29, 0.717) is 10.9 Å². The number of likely N-dealkylation sites (N-methyl/N-ethyl adjacent to an activating group) is 1. The van der Waals surface area contributed by atoms with Gasteiger partial charge in [0.05, 0.1) is 17.5 Å². The predicted molar refractivity (Wildman–Crippen MR) is 78.2 cm³/mol. The average molecular weight is 308 g/mol. The summed E-state index contributed by atoms with van der Waals surface area (Å²) in [5.41, 5.74) is 0.590. The van der Waals surface area contributed by atoms with Crippen molar-refractivity contribution in [3.63, 3.8) is 0 Å². The Bertz CT molecular complexity index is 753. The van der Waals surface area contributed by atoms with E-state index in [1.165, 1.54) is 13.2 Å². The number of pyridine rings is 1. The molecule has 0 amide bonds. The fourth-order valence-corrected chi connectivity index (χ4v) is 3.61. The van der Waals surface area contributed by atoms with Crippen molar-refractivity contribution >= 4 is 26.9 Å². The van der Waals surface area contributed by atoms with Gasteiger partial charge in [-0.3, -0.25) is 9.78 Å². The minimum atomic E-state index is -3.79. The molecule has 0 saturated carbocycles.